The van der Waals surface area contributed by atoms with Crippen LogP contribution in [-0.4, -0.2) is 29.2 Å². The fraction of sp³-hybridized carbons (Fsp3) is 0.650. The Bertz CT molecular complexity index is 510. The van der Waals surface area contributed by atoms with E-state index in [1.54, 1.807) is 12.1 Å². The van der Waals surface area contributed by atoms with Gasteiger partial charge in [-0.05, 0) is 36.0 Å². The van der Waals surface area contributed by atoms with Crippen LogP contribution in [0.5, 0.6) is 11.5 Å². The third kappa shape index (κ3) is 7.35. The van der Waals surface area contributed by atoms with Crippen LogP contribution < -0.4 is 4.74 Å². The molecule has 136 valence electrons. The van der Waals surface area contributed by atoms with E-state index in [0.717, 1.165) is 24.3 Å². The molecule has 2 unspecified atom stereocenters. The van der Waals surface area contributed by atoms with Crippen molar-refractivity contribution >= 4 is 5.78 Å². The van der Waals surface area contributed by atoms with Crippen molar-refractivity contribution in [3.63, 3.8) is 0 Å². The van der Waals surface area contributed by atoms with Crippen LogP contribution in [-0.2, 0) is 11.2 Å². The number of ether oxygens (including phenoxy) is 1. The van der Waals surface area contributed by atoms with E-state index in [9.17, 15) is 15.0 Å². The number of carbonyl (C=O) groups is 1. The van der Waals surface area contributed by atoms with E-state index in [0.29, 0.717) is 18.1 Å². The van der Waals surface area contributed by atoms with Gasteiger partial charge in [-0.3, -0.25) is 4.79 Å². The standard InChI is InChI=1S/C20H32O4/c1-14(2)6-5-7-15(3)8-10-17(21)19(23)12-16-9-11-18(22)20(13-16)24-4/h9,11,13-15,19,22-23H,5-8,10,12H2,1-4H3. The normalized spacial score (nSPS) is 13.8. The maximum Gasteiger partial charge on any atom is 0.161 e. The van der Waals surface area contributed by atoms with Crippen molar-refractivity contribution in [3.8, 4) is 11.5 Å². The summed E-state index contributed by atoms with van der Waals surface area (Å²) >= 11 is 0. The van der Waals surface area contributed by atoms with Gasteiger partial charge in [0.25, 0.3) is 0 Å². The molecule has 0 bridgehead atoms. The summed E-state index contributed by atoms with van der Waals surface area (Å²) in [7, 11) is 1.47. The van der Waals surface area contributed by atoms with Gasteiger partial charge in [-0.15, -0.1) is 0 Å². The minimum absolute atomic E-state index is 0.0530. The number of phenols is 1. The minimum atomic E-state index is -0.998. The lowest BCUT2D eigenvalue weighted by atomic mass is 9.93. The van der Waals surface area contributed by atoms with E-state index in [2.05, 4.69) is 20.8 Å². The second-order valence-corrected chi connectivity index (χ2v) is 7.16. The van der Waals surface area contributed by atoms with E-state index >= 15 is 0 Å². The van der Waals surface area contributed by atoms with E-state index in [1.807, 2.05) is 0 Å². The number of hydrogen-bond donors (Lipinski definition) is 2. The number of ketones is 1. The van der Waals surface area contributed by atoms with Crippen LogP contribution in [0.2, 0.25) is 0 Å². The number of benzene rings is 1. The Labute approximate surface area is 145 Å². The van der Waals surface area contributed by atoms with Crippen LogP contribution in [0.3, 0.4) is 0 Å². The largest absolute Gasteiger partial charge is 0.504 e. The first-order valence-corrected chi connectivity index (χ1v) is 8.90. The molecule has 2 atom stereocenters. The SMILES string of the molecule is COc1cc(CC(O)C(=O)CCC(C)CCCC(C)C)ccc1O. The molecular weight excluding hydrogens is 304 g/mol. The summed E-state index contributed by atoms with van der Waals surface area (Å²) in [6.45, 7) is 6.62. The van der Waals surface area contributed by atoms with Crippen LogP contribution in [0.25, 0.3) is 0 Å². The summed E-state index contributed by atoms with van der Waals surface area (Å²) in [4.78, 5) is 12.1. The van der Waals surface area contributed by atoms with Crippen LogP contribution >= 0.6 is 0 Å². The lowest BCUT2D eigenvalue weighted by molar-refractivity contribution is -0.127. The van der Waals surface area contributed by atoms with Crippen molar-refractivity contribution in [3.05, 3.63) is 23.8 Å². The first kappa shape index (κ1) is 20.5. The minimum Gasteiger partial charge on any atom is -0.504 e. The molecule has 0 aliphatic heterocycles. The Morgan fingerprint density at radius 1 is 1.17 bits per heavy atom. The van der Waals surface area contributed by atoms with Gasteiger partial charge in [-0.2, -0.15) is 0 Å². The van der Waals surface area contributed by atoms with Gasteiger partial charge in [0.05, 0.1) is 7.11 Å². The predicted molar refractivity (Wildman–Crippen MR) is 96.5 cm³/mol. The topological polar surface area (TPSA) is 66.8 Å². The Kier molecular flexibility index (Phi) is 8.83. The summed E-state index contributed by atoms with van der Waals surface area (Å²) in [5, 5.41) is 19.7. The van der Waals surface area contributed by atoms with Gasteiger partial charge in [-0.25, -0.2) is 0 Å². The summed E-state index contributed by atoms with van der Waals surface area (Å²) in [5.74, 6) is 1.53. The Hall–Kier alpha value is -1.55. The van der Waals surface area contributed by atoms with Crippen molar-refractivity contribution in [2.75, 3.05) is 7.11 Å². The smallest absolute Gasteiger partial charge is 0.161 e. The molecule has 0 saturated heterocycles. The summed E-state index contributed by atoms with van der Waals surface area (Å²) in [6.07, 6.45) is 4.05. The van der Waals surface area contributed by atoms with E-state index in [-0.39, 0.29) is 18.0 Å². The molecule has 0 heterocycles. The molecule has 2 N–H and O–H groups in total. The lowest BCUT2D eigenvalue weighted by Crippen LogP contribution is -2.23. The van der Waals surface area contributed by atoms with E-state index in [4.69, 9.17) is 4.74 Å². The van der Waals surface area contributed by atoms with Gasteiger partial charge < -0.3 is 14.9 Å². The molecule has 0 amide bonds. The van der Waals surface area contributed by atoms with Crippen LogP contribution in [0.4, 0.5) is 0 Å². The first-order valence-electron chi connectivity index (χ1n) is 8.90. The van der Waals surface area contributed by atoms with Gasteiger partial charge in [-0.1, -0.05) is 46.1 Å². The zero-order valence-electron chi connectivity index (χ0n) is 15.4. The van der Waals surface area contributed by atoms with Crippen molar-refractivity contribution < 1.29 is 19.7 Å². The molecule has 0 spiro atoms. The molecule has 0 saturated carbocycles. The number of aromatic hydroxyl groups is 1. The molecule has 0 radical (unpaired) electrons. The number of rotatable bonds is 11. The second kappa shape index (κ2) is 10.3. The van der Waals surface area contributed by atoms with Gasteiger partial charge in [0.15, 0.2) is 17.3 Å². The number of carbonyl (C=O) groups excluding carboxylic acids is 1. The van der Waals surface area contributed by atoms with Crippen LogP contribution in [0.1, 0.15) is 58.4 Å². The quantitative estimate of drug-likeness (QED) is 0.638. The van der Waals surface area contributed by atoms with Gasteiger partial charge in [0.2, 0.25) is 0 Å². The van der Waals surface area contributed by atoms with Gasteiger partial charge >= 0.3 is 0 Å². The number of aliphatic hydroxyl groups excluding tert-OH is 1. The van der Waals surface area contributed by atoms with Crippen molar-refractivity contribution in [2.45, 2.75) is 65.4 Å². The van der Waals surface area contributed by atoms with Crippen molar-refractivity contribution in [2.24, 2.45) is 11.8 Å². The summed E-state index contributed by atoms with van der Waals surface area (Å²) in [6, 6.07) is 4.87. The fourth-order valence-electron chi connectivity index (χ4n) is 2.76. The van der Waals surface area contributed by atoms with E-state index in [1.165, 1.54) is 26.0 Å². The monoisotopic (exact) mass is 336 g/mol. The molecule has 0 aliphatic carbocycles. The zero-order chi connectivity index (χ0) is 18.1. The number of methoxy groups -OCH3 is 1. The predicted octanol–water partition coefficient (Wildman–Crippen LogP) is 4.12. The summed E-state index contributed by atoms with van der Waals surface area (Å²) in [5.41, 5.74) is 0.774. The van der Waals surface area contributed by atoms with Crippen LogP contribution in [0.15, 0.2) is 18.2 Å². The molecule has 4 heteroatoms. The van der Waals surface area contributed by atoms with E-state index < -0.39 is 6.10 Å². The molecule has 4 nitrogen and oxygen atoms in total. The fourth-order valence-corrected chi connectivity index (χ4v) is 2.76. The van der Waals surface area contributed by atoms with Crippen molar-refractivity contribution in [1.29, 1.82) is 0 Å². The third-order valence-electron chi connectivity index (χ3n) is 4.41. The van der Waals surface area contributed by atoms with Gasteiger partial charge in [0, 0.05) is 12.8 Å². The maximum absolute atomic E-state index is 12.1. The highest BCUT2D eigenvalue weighted by atomic mass is 16.5. The number of Topliss-reactive ketones (excluding diaryl/α,β-unsaturated/α-hetero) is 1. The Morgan fingerprint density at radius 2 is 1.88 bits per heavy atom. The summed E-state index contributed by atoms with van der Waals surface area (Å²) < 4.78 is 5.04. The van der Waals surface area contributed by atoms with Gasteiger partial charge in [0.1, 0.15) is 6.10 Å². The number of hydrogen-bond acceptors (Lipinski definition) is 4. The Morgan fingerprint density at radius 3 is 2.50 bits per heavy atom. The molecule has 1 aromatic carbocycles. The van der Waals surface area contributed by atoms with Crippen LogP contribution in [0, 0.1) is 11.8 Å². The highest BCUT2D eigenvalue weighted by Gasteiger charge is 2.17. The van der Waals surface area contributed by atoms with Crippen molar-refractivity contribution in [1.82, 2.24) is 0 Å². The molecular formula is C20H32O4. The average molecular weight is 336 g/mol. The second-order valence-electron chi connectivity index (χ2n) is 7.16. The zero-order valence-corrected chi connectivity index (χ0v) is 15.4. The molecule has 24 heavy (non-hydrogen) atoms. The molecule has 1 rings (SSSR count). The first-order chi connectivity index (χ1) is 11.3. The molecule has 0 aliphatic rings. The lowest BCUT2D eigenvalue weighted by Gasteiger charge is -2.14. The Balaban J connectivity index is 2.39. The maximum atomic E-state index is 12.1. The number of aliphatic hydroxyl groups is 1. The molecule has 1 aromatic rings. The average Bonchev–Trinajstić information content (AvgIpc) is 2.53. The third-order valence-corrected chi connectivity index (χ3v) is 4.41. The molecule has 0 aromatic heterocycles. The number of phenolic OH excluding ortho intramolecular Hbond substituents is 1. The molecule has 0 fully saturated rings. The highest BCUT2D eigenvalue weighted by Crippen LogP contribution is 2.27. The highest BCUT2D eigenvalue weighted by molar-refractivity contribution is 5.83.